The molecule has 0 saturated heterocycles. The van der Waals surface area contributed by atoms with E-state index < -0.39 is 15.7 Å². The minimum absolute atomic E-state index is 0.0562. The van der Waals surface area contributed by atoms with E-state index in [1.165, 1.54) is 16.7 Å². The Bertz CT molecular complexity index is 1500. The van der Waals surface area contributed by atoms with E-state index in [4.69, 9.17) is 9.32 Å². The predicted molar refractivity (Wildman–Crippen MR) is 149 cm³/mol. The van der Waals surface area contributed by atoms with Crippen molar-refractivity contribution >= 4 is 16.2 Å². The topological polar surface area (TPSA) is 123 Å². The Morgan fingerprint density at radius 1 is 1.21 bits per heavy atom. The van der Waals surface area contributed by atoms with Crippen LogP contribution in [0.3, 0.4) is 0 Å². The summed E-state index contributed by atoms with van der Waals surface area (Å²) in [7, 11) is -4.20. The number of rotatable bonds is 7. The van der Waals surface area contributed by atoms with Crippen molar-refractivity contribution in [2.24, 2.45) is 16.5 Å². The Kier molecular flexibility index (Phi) is 6.46. The summed E-state index contributed by atoms with van der Waals surface area (Å²) in [6, 6.07) is 10.2. The molecule has 1 heterocycles. The second-order valence-electron chi connectivity index (χ2n) is 11.3. The van der Waals surface area contributed by atoms with E-state index in [0.29, 0.717) is 12.3 Å². The standard InChI is InChI=1S/C30H36N4O4S/c1-3-19-10-7-14-30(2)26(19)24(38-39(31,36)37)17-23-22-16-20-11-12-21(25(20)27(22)33-34-28(23)30)29(35)32-15-13-18-8-5-4-6-9-18/h4-6,8-9,17,21,33-34H,3,7,10-16H2,1-2H3,(H,32,35)(H2,31,36,37). The third kappa shape index (κ3) is 4.51. The molecule has 39 heavy (non-hydrogen) atoms. The Hall–Kier alpha value is -3.30. The third-order valence-corrected chi connectivity index (χ3v) is 9.38. The second kappa shape index (κ2) is 9.71. The number of allylic oxidation sites excluding steroid dienone is 8. The van der Waals surface area contributed by atoms with Crippen LogP contribution in [0.2, 0.25) is 0 Å². The minimum atomic E-state index is -4.20. The molecule has 0 aromatic heterocycles. The second-order valence-corrected chi connectivity index (χ2v) is 12.5. The van der Waals surface area contributed by atoms with Gasteiger partial charge in [0.25, 0.3) is 0 Å². The molecule has 6 rings (SSSR count). The Morgan fingerprint density at radius 3 is 2.74 bits per heavy atom. The van der Waals surface area contributed by atoms with Crippen molar-refractivity contribution in [3.8, 4) is 0 Å². The summed E-state index contributed by atoms with van der Waals surface area (Å²) in [4.78, 5) is 13.3. The molecule has 0 radical (unpaired) electrons. The maximum Gasteiger partial charge on any atom is 0.380 e. The lowest BCUT2D eigenvalue weighted by atomic mass is 9.64. The van der Waals surface area contributed by atoms with E-state index >= 15 is 0 Å². The van der Waals surface area contributed by atoms with E-state index in [-0.39, 0.29) is 11.8 Å². The number of carbonyl (C=O) groups is 1. The minimum Gasteiger partial charge on any atom is -0.371 e. The fraction of sp³-hybridized carbons (Fsp3) is 0.433. The number of fused-ring (bicyclic) bond motifs is 4. The van der Waals surface area contributed by atoms with Gasteiger partial charge in [0.15, 0.2) is 0 Å². The summed E-state index contributed by atoms with van der Waals surface area (Å²) in [5.74, 6) is 0.175. The lowest BCUT2D eigenvalue weighted by Crippen LogP contribution is -2.46. The van der Waals surface area contributed by atoms with Gasteiger partial charge in [-0.25, -0.2) is 0 Å². The Morgan fingerprint density at radius 2 is 2.00 bits per heavy atom. The summed E-state index contributed by atoms with van der Waals surface area (Å²) < 4.78 is 29.6. The molecule has 9 heteroatoms. The molecule has 0 saturated carbocycles. The van der Waals surface area contributed by atoms with Gasteiger partial charge in [-0.2, -0.15) is 13.6 Å². The van der Waals surface area contributed by atoms with Crippen molar-refractivity contribution in [2.45, 2.75) is 65.2 Å². The van der Waals surface area contributed by atoms with E-state index in [1.54, 1.807) is 0 Å². The zero-order valence-corrected chi connectivity index (χ0v) is 23.3. The van der Waals surface area contributed by atoms with Crippen LogP contribution in [-0.4, -0.2) is 20.9 Å². The highest BCUT2D eigenvalue weighted by Gasteiger charge is 2.48. The fourth-order valence-corrected chi connectivity index (χ4v) is 7.63. The van der Waals surface area contributed by atoms with Crippen molar-refractivity contribution in [1.82, 2.24) is 16.2 Å². The molecule has 5 aliphatic rings. The Labute approximate surface area is 230 Å². The molecule has 1 aromatic rings. The van der Waals surface area contributed by atoms with Crippen LogP contribution >= 0.6 is 0 Å². The van der Waals surface area contributed by atoms with Gasteiger partial charge in [0.05, 0.1) is 11.6 Å². The maximum atomic E-state index is 13.3. The number of benzene rings is 1. The third-order valence-electron chi connectivity index (χ3n) is 8.97. The van der Waals surface area contributed by atoms with Crippen LogP contribution in [0.4, 0.5) is 0 Å². The van der Waals surface area contributed by atoms with Crippen LogP contribution in [0, 0.1) is 11.3 Å². The molecule has 5 N–H and O–H groups in total. The molecule has 0 bridgehead atoms. The van der Waals surface area contributed by atoms with E-state index in [0.717, 1.165) is 85.1 Å². The molecule has 2 unspecified atom stereocenters. The molecule has 1 aromatic carbocycles. The highest BCUT2D eigenvalue weighted by atomic mass is 32.2. The molecule has 1 amide bonds. The quantitative estimate of drug-likeness (QED) is 0.407. The summed E-state index contributed by atoms with van der Waals surface area (Å²) in [6.45, 7) is 4.85. The average Bonchev–Trinajstić information content (AvgIpc) is 3.48. The number of amides is 1. The van der Waals surface area contributed by atoms with E-state index in [1.807, 2.05) is 24.3 Å². The largest absolute Gasteiger partial charge is 0.380 e. The van der Waals surface area contributed by atoms with Crippen LogP contribution in [0.25, 0.3) is 0 Å². The zero-order valence-electron chi connectivity index (χ0n) is 22.5. The van der Waals surface area contributed by atoms with Gasteiger partial charge in [-0.05, 0) is 81.1 Å². The summed E-state index contributed by atoms with van der Waals surface area (Å²) >= 11 is 0. The highest BCUT2D eigenvalue weighted by molar-refractivity contribution is 7.84. The van der Waals surface area contributed by atoms with Crippen molar-refractivity contribution in [3.63, 3.8) is 0 Å². The van der Waals surface area contributed by atoms with E-state index in [2.05, 4.69) is 42.1 Å². The van der Waals surface area contributed by atoms with Gasteiger partial charge >= 0.3 is 10.3 Å². The molecule has 4 aliphatic carbocycles. The van der Waals surface area contributed by atoms with Crippen LogP contribution in [0.1, 0.15) is 64.4 Å². The normalized spacial score (nSPS) is 25.8. The maximum absolute atomic E-state index is 13.3. The zero-order chi connectivity index (χ0) is 27.4. The lowest BCUT2D eigenvalue weighted by Gasteiger charge is -2.45. The van der Waals surface area contributed by atoms with Gasteiger partial charge in [0.1, 0.15) is 5.76 Å². The smallest absolute Gasteiger partial charge is 0.371 e. The van der Waals surface area contributed by atoms with Crippen LogP contribution < -0.4 is 21.3 Å². The van der Waals surface area contributed by atoms with Crippen molar-refractivity contribution in [2.75, 3.05) is 6.54 Å². The highest BCUT2D eigenvalue weighted by Crippen LogP contribution is 2.57. The lowest BCUT2D eigenvalue weighted by molar-refractivity contribution is -0.123. The summed E-state index contributed by atoms with van der Waals surface area (Å²) in [5.41, 5.74) is 16.2. The number of hydrogen-bond acceptors (Lipinski definition) is 6. The van der Waals surface area contributed by atoms with Crippen molar-refractivity contribution < 1.29 is 17.4 Å². The molecule has 206 valence electrons. The number of hydrogen-bond donors (Lipinski definition) is 4. The van der Waals surface area contributed by atoms with Crippen molar-refractivity contribution in [1.29, 1.82) is 0 Å². The van der Waals surface area contributed by atoms with Gasteiger partial charge < -0.3 is 20.4 Å². The summed E-state index contributed by atoms with van der Waals surface area (Å²) in [6.07, 6.45) is 8.65. The van der Waals surface area contributed by atoms with Gasteiger partial charge in [0, 0.05) is 28.8 Å². The van der Waals surface area contributed by atoms with Gasteiger partial charge in [0.2, 0.25) is 5.91 Å². The predicted octanol–water partition coefficient (Wildman–Crippen LogP) is 4.09. The van der Waals surface area contributed by atoms with E-state index in [9.17, 15) is 13.2 Å². The average molecular weight is 549 g/mol. The molecule has 2 atom stereocenters. The molecular formula is C30H36N4O4S. The van der Waals surface area contributed by atoms with Crippen LogP contribution in [0.15, 0.2) is 87.0 Å². The molecule has 0 fully saturated rings. The first-order valence-corrected chi connectivity index (χ1v) is 15.4. The number of nitrogens with one attached hydrogen (secondary N) is 3. The SMILES string of the molecule is CCC1=C2C(OS(N)(=O)=O)=CC3=C(NNC4=C3CC3=C4C(C(=O)NCCc4ccccc4)CC3)C2(C)CCC1. The molecular weight excluding hydrogens is 512 g/mol. The molecule has 8 nitrogen and oxygen atoms in total. The monoisotopic (exact) mass is 548 g/mol. The first-order chi connectivity index (χ1) is 18.7. The fourth-order valence-electron chi connectivity index (χ4n) is 7.25. The first kappa shape index (κ1) is 26.0. The van der Waals surface area contributed by atoms with Gasteiger partial charge in [-0.15, -0.1) is 0 Å². The number of hydrazine groups is 1. The number of nitrogens with two attached hydrogens (primary N) is 1. The molecule has 0 spiro atoms. The Balaban J connectivity index is 1.31. The molecule has 1 aliphatic heterocycles. The first-order valence-electron chi connectivity index (χ1n) is 13.9. The van der Waals surface area contributed by atoms with Gasteiger partial charge in [-0.3, -0.25) is 4.79 Å². The number of carbonyl (C=O) groups excluding carboxylic acids is 1. The van der Waals surface area contributed by atoms with Crippen LogP contribution in [-0.2, 0) is 25.7 Å². The van der Waals surface area contributed by atoms with Gasteiger partial charge in [-0.1, -0.05) is 48.4 Å². The van der Waals surface area contributed by atoms with Crippen LogP contribution in [0.5, 0.6) is 0 Å². The van der Waals surface area contributed by atoms with Crippen molar-refractivity contribution in [3.05, 3.63) is 92.6 Å². The summed E-state index contributed by atoms with van der Waals surface area (Å²) in [5, 5.41) is 8.52.